The maximum Gasteiger partial charge on any atom is 0.253 e. The molecule has 1 saturated heterocycles. The maximum absolute atomic E-state index is 13.0. The fourth-order valence-corrected chi connectivity index (χ4v) is 4.87. The molecule has 0 saturated carbocycles. The molecule has 0 N–H and O–H groups in total. The monoisotopic (exact) mass is 427 g/mol. The molecule has 6 nitrogen and oxygen atoms in total. The van der Waals surface area contributed by atoms with E-state index in [2.05, 4.69) is 22.9 Å². The molecule has 4 heterocycles. The first-order chi connectivity index (χ1) is 15.7. The predicted octanol–water partition coefficient (Wildman–Crippen LogP) is 4.15. The maximum atomic E-state index is 13.0. The van der Waals surface area contributed by atoms with Gasteiger partial charge < -0.3 is 9.80 Å². The Balaban J connectivity index is 1.40. The van der Waals surface area contributed by atoms with E-state index in [1.807, 2.05) is 53.6 Å². The molecule has 1 unspecified atom stereocenters. The lowest BCUT2D eigenvalue weighted by Gasteiger charge is -2.34. The quantitative estimate of drug-likeness (QED) is 0.626. The molecule has 1 atom stereocenters. The van der Waals surface area contributed by atoms with Crippen LogP contribution in [0.4, 0.5) is 5.82 Å². The molecule has 32 heavy (non-hydrogen) atoms. The van der Waals surface area contributed by atoms with Crippen LogP contribution >= 0.6 is 0 Å². The molecule has 0 aliphatic carbocycles. The molecule has 1 fully saturated rings. The molecule has 1 amide bonds. The normalized spacial score (nSPS) is 18.3. The Hall–Kier alpha value is -3.28. The van der Waals surface area contributed by atoms with Crippen LogP contribution in [0.15, 0.2) is 54.7 Å². The van der Waals surface area contributed by atoms with Crippen molar-refractivity contribution >= 4 is 11.7 Å². The van der Waals surface area contributed by atoms with Crippen LogP contribution in [0.25, 0.3) is 0 Å². The molecule has 2 aliphatic rings. The smallest absolute Gasteiger partial charge is 0.253 e. The number of carbonyl (C=O) groups excluding carboxylic acids is 1. The van der Waals surface area contributed by atoms with Gasteiger partial charge in [0.1, 0.15) is 11.6 Å². The highest BCUT2D eigenvalue weighted by molar-refractivity contribution is 5.94. The van der Waals surface area contributed by atoms with Crippen molar-refractivity contribution in [2.45, 2.75) is 45.1 Å². The number of nitrogens with zero attached hydrogens (tertiary/aromatic N) is 5. The van der Waals surface area contributed by atoms with Crippen LogP contribution in [-0.2, 0) is 13.0 Å². The molecule has 0 spiro atoms. The second kappa shape index (κ2) is 9.07. The summed E-state index contributed by atoms with van der Waals surface area (Å²) in [6.45, 7) is 5.30. The Morgan fingerprint density at radius 1 is 1.03 bits per heavy atom. The van der Waals surface area contributed by atoms with Gasteiger partial charge in [-0.05, 0) is 56.9 Å². The molecule has 1 aromatic carbocycles. The first-order valence-electron chi connectivity index (χ1n) is 11.6. The van der Waals surface area contributed by atoms with Gasteiger partial charge >= 0.3 is 0 Å². The molecule has 6 heteroatoms. The van der Waals surface area contributed by atoms with Gasteiger partial charge in [-0.1, -0.05) is 24.3 Å². The van der Waals surface area contributed by atoms with Crippen LogP contribution < -0.4 is 4.90 Å². The van der Waals surface area contributed by atoms with Gasteiger partial charge in [-0.15, -0.1) is 0 Å². The SMILES string of the molecule is Cc1nc(C2CCCN(C(=O)c3ccccc3)C2)nc2c1CCCN2Cc1ccccn1. The van der Waals surface area contributed by atoms with Crippen molar-refractivity contribution in [3.63, 3.8) is 0 Å². The molecular weight excluding hydrogens is 398 g/mol. The molecule has 164 valence electrons. The minimum absolute atomic E-state index is 0.0989. The lowest BCUT2D eigenvalue weighted by Crippen LogP contribution is -2.40. The van der Waals surface area contributed by atoms with Gasteiger partial charge in [0.05, 0.1) is 12.2 Å². The van der Waals surface area contributed by atoms with Crippen molar-refractivity contribution in [2.75, 3.05) is 24.5 Å². The molecule has 0 radical (unpaired) electrons. The van der Waals surface area contributed by atoms with E-state index in [-0.39, 0.29) is 11.8 Å². The van der Waals surface area contributed by atoms with Crippen LogP contribution in [-0.4, -0.2) is 45.4 Å². The van der Waals surface area contributed by atoms with E-state index in [0.29, 0.717) is 6.54 Å². The van der Waals surface area contributed by atoms with Gasteiger partial charge in [-0.2, -0.15) is 0 Å². The number of benzene rings is 1. The van der Waals surface area contributed by atoms with E-state index in [9.17, 15) is 4.79 Å². The molecule has 2 aromatic heterocycles. The summed E-state index contributed by atoms with van der Waals surface area (Å²) in [7, 11) is 0. The number of fused-ring (bicyclic) bond motifs is 1. The van der Waals surface area contributed by atoms with Crippen molar-refractivity contribution in [3.05, 3.63) is 83.1 Å². The lowest BCUT2D eigenvalue weighted by atomic mass is 9.95. The Bertz CT molecular complexity index is 1090. The molecule has 3 aromatic rings. The number of hydrogen-bond acceptors (Lipinski definition) is 5. The Morgan fingerprint density at radius 2 is 1.88 bits per heavy atom. The Kier molecular flexibility index (Phi) is 5.84. The number of aromatic nitrogens is 3. The summed E-state index contributed by atoms with van der Waals surface area (Å²) in [6.07, 6.45) is 5.95. The van der Waals surface area contributed by atoms with Gasteiger partial charge in [-0.3, -0.25) is 9.78 Å². The minimum atomic E-state index is 0.0989. The number of carbonyl (C=O) groups is 1. The topological polar surface area (TPSA) is 62.2 Å². The first-order valence-corrected chi connectivity index (χ1v) is 11.6. The van der Waals surface area contributed by atoms with Crippen molar-refractivity contribution in [3.8, 4) is 0 Å². The lowest BCUT2D eigenvalue weighted by molar-refractivity contribution is 0.0704. The average Bonchev–Trinajstić information content (AvgIpc) is 2.85. The number of amides is 1. The van der Waals surface area contributed by atoms with E-state index < -0.39 is 0 Å². The number of pyridine rings is 1. The highest BCUT2D eigenvalue weighted by atomic mass is 16.2. The number of hydrogen-bond donors (Lipinski definition) is 0. The summed E-state index contributed by atoms with van der Waals surface area (Å²) in [4.78, 5) is 31.8. The highest BCUT2D eigenvalue weighted by Gasteiger charge is 2.30. The number of aryl methyl sites for hydroxylation is 1. The third-order valence-corrected chi connectivity index (χ3v) is 6.54. The number of likely N-dealkylation sites (tertiary alicyclic amines) is 1. The molecule has 5 rings (SSSR count). The third-order valence-electron chi connectivity index (χ3n) is 6.54. The molecule has 0 bridgehead atoms. The fraction of sp³-hybridized carbons (Fsp3) is 0.385. The van der Waals surface area contributed by atoms with Crippen molar-refractivity contribution in [1.29, 1.82) is 0 Å². The zero-order valence-corrected chi connectivity index (χ0v) is 18.6. The largest absolute Gasteiger partial charge is 0.350 e. The van der Waals surface area contributed by atoms with Crippen LogP contribution in [0.5, 0.6) is 0 Å². The summed E-state index contributed by atoms with van der Waals surface area (Å²) in [5, 5.41) is 0. The van der Waals surface area contributed by atoms with E-state index >= 15 is 0 Å². The van der Waals surface area contributed by atoms with Gasteiger partial charge in [-0.25, -0.2) is 9.97 Å². The second-order valence-electron chi connectivity index (χ2n) is 8.77. The van der Waals surface area contributed by atoms with Gasteiger partial charge in [0, 0.05) is 48.6 Å². The Morgan fingerprint density at radius 3 is 2.69 bits per heavy atom. The van der Waals surface area contributed by atoms with Crippen LogP contribution in [0.2, 0.25) is 0 Å². The average molecular weight is 428 g/mol. The standard InChI is InChI=1S/C26H29N5O/c1-19-23-13-8-15-30(18-22-12-5-6-14-27-22)25(23)29-24(28-19)21-11-7-16-31(17-21)26(32)20-9-3-2-4-10-20/h2-6,9-10,12,14,21H,7-8,11,13,15-18H2,1H3. The van der Waals surface area contributed by atoms with Crippen LogP contribution in [0.1, 0.15) is 58.3 Å². The van der Waals surface area contributed by atoms with Crippen LogP contribution in [0, 0.1) is 6.92 Å². The predicted molar refractivity (Wildman–Crippen MR) is 125 cm³/mol. The minimum Gasteiger partial charge on any atom is -0.350 e. The highest BCUT2D eigenvalue weighted by Crippen LogP contribution is 2.32. The van der Waals surface area contributed by atoms with Crippen molar-refractivity contribution in [2.24, 2.45) is 0 Å². The number of rotatable bonds is 4. The molecule has 2 aliphatic heterocycles. The van der Waals surface area contributed by atoms with Crippen LogP contribution in [0.3, 0.4) is 0 Å². The van der Waals surface area contributed by atoms with E-state index in [1.54, 1.807) is 0 Å². The first kappa shape index (κ1) is 20.6. The second-order valence-corrected chi connectivity index (χ2v) is 8.77. The summed E-state index contributed by atoms with van der Waals surface area (Å²) in [5.74, 6) is 2.19. The summed E-state index contributed by atoms with van der Waals surface area (Å²) in [5.41, 5.74) is 4.12. The summed E-state index contributed by atoms with van der Waals surface area (Å²) in [6, 6.07) is 15.6. The van der Waals surface area contributed by atoms with Crippen molar-refractivity contribution < 1.29 is 4.79 Å². The summed E-state index contributed by atoms with van der Waals surface area (Å²) < 4.78 is 0. The summed E-state index contributed by atoms with van der Waals surface area (Å²) >= 11 is 0. The van der Waals surface area contributed by atoms with Crippen molar-refractivity contribution in [1.82, 2.24) is 19.9 Å². The third kappa shape index (κ3) is 4.22. The van der Waals surface area contributed by atoms with Gasteiger partial charge in [0.15, 0.2) is 0 Å². The molecular formula is C26H29N5O. The van der Waals surface area contributed by atoms with Gasteiger partial charge in [0.2, 0.25) is 0 Å². The fourth-order valence-electron chi connectivity index (χ4n) is 4.87. The number of piperidine rings is 1. The Labute approximate surface area is 189 Å². The van der Waals surface area contributed by atoms with E-state index in [4.69, 9.17) is 9.97 Å². The van der Waals surface area contributed by atoms with E-state index in [1.165, 1.54) is 5.56 Å². The number of anilines is 1. The zero-order chi connectivity index (χ0) is 21.9. The van der Waals surface area contributed by atoms with E-state index in [0.717, 1.165) is 73.9 Å². The zero-order valence-electron chi connectivity index (χ0n) is 18.6. The van der Waals surface area contributed by atoms with Gasteiger partial charge in [0.25, 0.3) is 5.91 Å².